The zero-order valence-corrected chi connectivity index (χ0v) is 11.7. The molecule has 3 heterocycles. The number of carbonyl (C=O) groups excluding carboxylic acids is 1. The molecule has 3 rings (SSSR count). The van der Waals surface area contributed by atoms with Crippen molar-refractivity contribution in [1.82, 2.24) is 10.2 Å². The molecule has 0 aromatic carbocycles. The molecule has 0 aromatic rings. The molecule has 3 aliphatic rings. The van der Waals surface area contributed by atoms with Crippen molar-refractivity contribution in [1.29, 1.82) is 0 Å². The van der Waals surface area contributed by atoms with Gasteiger partial charge in [-0.2, -0.15) is 0 Å². The first kappa shape index (κ1) is 13.3. The Labute approximate surface area is 113 Å². The van der Waals surface area contributed by atoms with Gasteiger partial charge in [-0.1, -0.05) is 0 Å². The highest BCUT2D eigenvalue weighted by Gasteiger charge is 2.52. The topological polar surface area (TPSA) is 75.7 Å². The second kappa shape index (κ2) is 4.71. The van der Waals surface area contributed by atoms with Gasteiger partial charge in [-0.3, -0.25) is 4.79 Å². The van der Waals surface area contributed by atoms with Gasteiger partial charge in [0.05, 0.1) is 23.5 Å². The summed E-state index contributed by atoms with van der Waals surface area (Å²) >= 11 is 0. The van der Waals surface area contributed by atoms with E-state index in [1.54, 1.807) is 4.90 Å². The van der Waals surface area contributed by atoms with Crippen LogP contribution in [0.25, 0.3) is 0 Å². The zero-order valence-electron chi connectivity index (χ0n) is 10.9. The van der Waals surface area contributed by atoms with Gasteiger partial charge in [0.2, 0.25) is 5.91 Å². The standard InChI is InChI=1S/C12H20N2O4S/c15-11(14-2-5-19(16,17)6-3-14)12-8-13-7-10(12)1-4-18-9-12/h10,13H,1-9H2/t10-,12+/m1/s1. The number of amides is 1. The lowest BCUT2D eigenvalue weighted by Gasteiger charge is -2.41. The van der Waals surface area contributed by atoms with Crippen molar-refractivity contribution in [2.45, 2.75) is 6.42 Å². The monoisotopic (exact) mass is 288 g/mol. The summed E-state index contributed by atoms with van der Waals surface area (Å²) in [5, 5.41) is 3.30. The fourth-order valence-electron chi connectivity index (χ4n) is 3.38. The quantitative estimate of drug-likeness (QED) is 0.661. The minimum absolute atomic E-state index is 0.0806. The van der Waals surface area contributed by atoms with E-state index >= 15 is 0 Å². The summed E-state index contributed by atoms with van der Waals surface area (Å²) in [6, 6.07) is 0. The highest BCUT2D eigenvalue weighted by molar-refractivity contribution is 7.91. The van der Waals surface area contributed by atoms with Crippen molar-refractivity contribution in [3.63, 3.8) is 0 Å². The molecule has 3 aliphatic heterocycles. The summed E-state index contributed by atoms with van der Waals surface area (Å²) in [7, 11) is -2.95. The summed E-state index contributed by atoms with van der Waals surface area (Å²) in [6.45, 7) is 3.36. The minimum Gasteiger partial charge on any atom is -0.380 e. The average Bonchev–Trinajstić information content (AvgIpc) is 2.83. The third-order valence-electron chi connectivity index (χ3n) is 4.64. The molecule has 0 bridgehead atoms. The highest BCUT2D eigenvalue weighted by Crippen LogP contribution is 2.39. The Morgan fingerprint density at radius 3 is 2.79 bits per heavy atom. The van der Waals surface area contributed by atoms with Crippen LogP contribution in [0, 0.1) is 11.3 Å². The smallest absolute Gasteiger partial charge is 0.232 e. The minimum atomic E-state index is -2.95. The first-order chi connectivity index (χ1) is 9.04. The lowest BCUT2D eigenvalue weighted by atomic mass is 9.74. The van der Waals surface area contributed by atoms with Gasteiger partial charge in [0.25, 0.3) is 0 Å². The van der Waals surface area contributed by atoms with Gasteiger partial charge in [0.1, 0.15) is 0 Å². The summed E-state index contributed by atoms with van der Waals surface area (Å²) in [5.41, 5.74) is -0.459. The van der Waals surface area contributed by atoms with Crippen LogP contribution in [-0.2, 0) is 19.4 Å². The Hall–Kier alpha value is -0.660. The summed E-state index contributed by atoms with van der Waals surface area (Å²) in [4.78, 5) is 14.5. The van der Waals surface area contributed by atoms with Crippen molar-refractivity contribution in [2.75, 3.05) is 50.9 Å². The molecule has 19 heavy (non-hydrogen) atoms. The molecule has 108 valence electrons. The molecular weight excluding hydrogens is 268 g/mol. The predicted molar refractivity (Wildman–Crippen MR) is 69.5 cm³/mol. The number of nitrogens with one attached hydrogen (secondary N) is 1. The molecule has 1 amide bonds. The van der Waals surface area contributed by atoms with E-state index in [9.17, 15) is 13.2 Å². The Morgan fingerprint density at radius 1 is 1.32 bits per heavy atom. The van der Waals surface area contributed by atoms with E-state index < -0.39 is 15.3 Å². The summed E-state index contributed by atoms with van der Waals surface area (Å²) < 4.78 is 28.4. The summed E-state index contributed by atoms with van der Waals surface area (Å²) in [5.74, 6) is 0.589. The van der Waals surface area contributed by atoms with E-state index in [0.29, 0.717) is 32.2 Å². The predicted octanol–water partition coefficient (Wildman–Crippen LogP) is -1.13. The van der Waals surface area contributed by atoms with Gasteiger partial charge < -0.3 is 15.0 Å². The molecule has 0 aliphatic carbocycles. The van der Waals surface area contributed by atoms with Gasteiger partial charge in [0, 0.05) is 26.2 Å². The maximum Gasteiger partial charge on any atom is 0.232 e. The fourth-order valence-corrected chi connectivity index (χ4v) is 4.58. The lowest BCUT2D eigenvalue weighted by Crippen LogP contribution is -2.56. The molecule has 1 N–H and O–H groups in total. The first-order valence-corrected chi connectivity index (χ1v) is 8.64. The number of hydrogen-bond acceptors (Lipinski definition) is 5. The van der Waals surface area contributed by atoms with Gasteiger partial charge >= 0.3 is 0 Å². The molecule has 3 saturated heterocycles. The van der Waals surface area contributed by atoms with Crippen LogP contribution in [0.1, 0.15) is 6.42 Å². The van der Waals surface area contributed by atoms with Crippen LogP contribution in [0.4, 0.5) is 0 Å². The molecule has 0 unspecified atom stereocenters. The van der Waals surface area contributed by atoms with Gasteiger partial charge in [-0.05, 0) is 18.9 Å². The van der Waals surface area contributed by atoms with Crippen molar-refractivity contribution in [3.8, 4) is 0 Å². The third-order valence-corrected chi connectivity index (χ3v) is 6.25. The summed E-state index contributed by atoms with van der Waals surface area (Å²) in [6.07, 6.45) is 0.908. The SMILES string of the molecule is O=C(N1CCS(=O)(=O)CC1)[C@]12CNC[C@H]1CCOC2. The van der Waals surface area contributed by atoms with Crippen LogP contribution in [-0.4, -0.2) is 70.1 Å². The second-order valence-corrected chi connectivity index (χ2v) is 8.07. The van der Waals surface area contributed by atoms with Gasteiger partial charge in [-0.15, -0.1) is 0 Å². The molecule has 3 fully saturated rings. The number of rotatable bonds is 1. The average molecular weight is 288 g/mol. The van der Waals surface area contributed by atoms with Gasteiger partial charge in [0.15, 0.2) is 9.84 Å². The molecule has 6 nitrogen and oxygen atoms in total. The lowest BCUT2D eigenvalue weighted by molar-refractivity contribution is -0.152. The fraction of sp³-hybridized carbons (Fsp3) is 0.917. The Bertz CT molecular complexity index is 464. The first-order valence-electron chi connectivity index (χ1n) is 6.82. The van der Waals surface area contributed by atoms with E-state index in [0.717, 1.165) is 19.6 Å². The van der Waals surface area contributed by atoms with Crippen molar-refractivity contribution in [3.05, 3.63) is 0 Å². The second-order valence-electron chi connectivity index (χ2n) is 5.77. The van der Waals surface area contributed by atoms with Crippen LogP contribution >= 0.6 is 0 Å². The molecule has 2 atom stereocenters. The van der Waals surface area contributed by atoms with E-state index in [1.165, 1.54) is 0 Å². The Morgan fingerprint density at radius 2 is 2.05 bits per heavy atom. The molecule has 0 aromatic heterocycles. The third kappa shape index (κ3) is 2.28. The maximum absolute atomic E-state index is 12.8. The molecule has 0 saturated carbocycles. The van der Waals surface area contributed by atoms with Crippen molar-refractivity contribution < 1.29 is 17.9 Å². The Kier molecular flexibility index (Phi) is 3.31. The molecule has 0 radical (unpaired) electrons. The number of sulfone groups is 1. The molecule has 0 spiro atoms. The normalized spacial score (nSPS) is 37.9. The van der Waals surface area contributed by atoms with Crippen LogP contribution < -0.4 is 5.32 Å². The van der Waals surface area contributed by atoms with E-state index in [2.05, 4.69) is 5.32 Å². The molecular formula is C12H20N2O4S. The number of carbonyl (C=O) groups is 1. The van der Waals surface area contributed by atoms with E-state index in [1.807, 2.05) is 0 Å². The van der Waals surface area contributed by atoms with E-state index in [4.69, 9.17) is 4.74 Å². The maximum atomic E-state index is 12.8. The number of nitrogens with zero attached hydrogens (tertiary/aromatic N) is 1. The zero-order chi connectivity index (χ0) is 13.5. The molecule has 7 heteroatoms. The van der Waals surface area contributed by atoms with Crippen LogP contribution in [0.2, 0.25) is 0 Å². The van der Waals surface area contributed by atoms with Crippen LogP contribution in [0.5, 0.6) is 0 Å². The van der Waals surface area contributed by atoms with Crippen molar-refractivity contribution in [2.24, 2.45) is 11.3 Å². The Balaban J connectivity index is 1.76. The van der Waals surface area contributed by atoms with Crippen LogP contribution in [0.3, 0.4) is 0 Å². The highest BCUT2D eigenvalue weighted by atomic mass is 32.2. The van der Waals surface area contributed by atoms with Gasteiger partial charge in [-0.25, -0.2) is 8.42 Å². The van der Waals surface area contributed by atoms with Crippen molar-refractivity contribution >= 4 is 15.7 Å². The van der Waals surface area contributed by atoms with Crippen LogP contribution in [0.15, 0.2) is 0 Å². The number of hydrogen-bond donors (Lipinski definition) is 1. The number of fused-ring (bicyclic) bond motifs is 1. The number of ether oxygens (including phenoxy) is 1. The van der Waals surface area contributed by atoms with E-state index in [-0.39, 0.29) is 17.4 Å². The largest absolute Gasteiger partial charge is 0.380 e.